The lowest BCUT2D eigenvalue weighted by Crippen LogP contribution is -2.37. The number of amides is 1. The van der Waals surface area contributed by atoms with Crippen LogP contribution in [0.2, 0.25) is 0 Å². The molecule has 1 amide bonds. The summed E-state index contributed by atoms with van der Waals surface area (Å²) in [5.74, 6) is -0.168. The van der Waals surface area contributed by atoms with Gasteiger partial charge in [-0.05, 0) is 73.9 Å². The quantitative estimate of drug-likeness (QED) is 0.226. The van der Waals surface area contributed by atoms with Gasteiger partial charge in [0.1, 0.15) is 24.2 Å². The molecule has 39 heavy (non-hydrogen) atoms. The first-order valence-electron chi connectivity index (χ1n) is 13.1. The Bertz CT molecular complexity index is 1420. The number of hydrogen-bond acceptors (Lipinski definition) is 6. The summed E-state index contributed by atoms with van der Waals surface area (Å²) >= 11 is 0. The van der Waals surface area contributed by atoms with E-state index in [4.69, 9.17) is 15.2 Å². The average molecular weight is 530 g/mol. The SMILES string of the molecule is CCOC(=O)c1cc2cc(CC(C)NC[C@H](O)COc3ccccc3)ccc2n1Cc1cccc(C(N)=O)c1. The fourth-order valence-electron chi connectivity index (χ4n) is 4.53. The molecule has 4 rings (SSSR count). The molecule has 4 aromatic rings. The van der Waals surface area contributed by atoms with Gasteiger partial charge in [-0.15, -0.1) is 0 Å². The van der Waals surface area contributed by atoms with Crippen molar-refractivity contribution in [1.82, 2.24) is 9.88 Å². The molecule has 0 spiro atoms. The Balaban J connectivity index is 1.45. The Labute approximate surface area is 228 Å². The van der Waals surface area contributed by atoms with Gasteiger partial charge >= 0.3 is 5.97 Å². The number of ether oxygens (including phenoxy) is 2. The second-order valence-electron chi connectivity index (χ2n) is 9.59. The van der Waals surface area contributed by atoms with E-state index in [1.54, 1.807) is 25.1 Å². The van der Waals surface area contributed by atoms with E-state index in [-0.39, 0.29) is 19.3 Å². The summed E-state index contributed by atoms with van der Waals surface area (Å²) in [7, 11) is 0. The van der Waals surface area contributed by atoms with Gasteiger partial charge in [-0.3, -0.25) is 4.79 Å². The van der Waals surface area contributed by atoms with E-state index in [0.29, 0.717) is 24.3 Å². The third-order valence-corrected chi connectivity index (χ3v) is 6.43. The standard InChI is InChI=1S/C31H35N3O5/c1-3-38-31(37)29-17-25-15-22(14-21(2)33-18-26(35)20-39-27-10-5-4-6-11-27)12-13-28(25)34(29)19-23-8-7-9-24(16-23)30(32)36/h4-13,15-17,21,26,33,35H,3,14,18-20H2,1-2H3,(H2,32,36)/t21?,26-/m0/s1. The smallest absolute Gasteiger partial charge is 0.354 e. The van der Waals surface area contributed by atoms with Gasteiger partial charge in [-0.2, -0.15) is 0 Å². The number of benzene rings is 3. The van der Waals surface area contributed by atoms with Gasteiger partial charge in [0.25, 0.3) is 0 Å². The third kappa shape index (κ3) is 7.46. The Morgan fingerprint density at radius 3 is 2.54 bits per heavy atom. The molecule has 4 N–H and O–H groups in total. The fourth-order valence-corrected chi connectivity index (χ4v) is 4.53. The number of fused-ring (bicyclic) bond motifs is 1. The highest BCUT2D eigenvalue weighted by Gasteiger charge is 2.18. The predicted molar refractivity (Wildman–Crippen MR) is 151 cm³/mol. The molecular weight excluding hydrogens is 494 g/mol. The lowest BCUT2D eigenvalue weighted by Gasteiger charge is -2.18. The van der Waals surface area contributed by atoms with Crippen LogP contribution in [0.4, 0.5) is 0 Å². The van der Waals surface area contributed by atoms with Gasteiger partial charge < -0.3 is 30.2 Å². The lowest BCUT2D eigenvalue weighted by molar-refractivity contribution is 0.0515. The zero-order valence-electron chi connectivity index (χ0n) is 22.3. The maximum atomic E-state index is 12.8. The number of para-hydroxylation sites is 1. The molecule has 1 unspecified atom stereocenters. The summed E-state index contributed by atoms with van der Waals surface area (Å²) < 4.78 is 12.8. The summed E-state index contributed by atoms with van der Waals surface area (Å²) in [5.41, 5.74) is 9.16. The molecule has 2 atom stereocenters. The number of nitrogens with two attached hydrogens (primary N) is 1. The number of carbonyl (C=O) groups is 2. The Kier molecular flexibility index (Phi) is 9.35. The van der Waals surface area contributed by atoms with Crippen LogP contribution >= 0.6 is 0 Å². The van der Waals surface area contributed by atoms with Crippen molar-refractivity contribution in [2.24, 2.45) is 5.73 Å². The molecule has 8 heteroatoms. The van der Waals surface area contributed by atoms with Gasteiger partial charge in [0.15, 0.2) is 0 Å². The Morgan fingerprint density at radius 2 is 1.79 bits per heavy atom. The molecule has 0 radical (unpaired) electrons. The molecule has 204 valence electrons. The minimum atomic E-state index is -0.635. The van der Waals surface area contributed by atoms with Crippen LogP contribution in [0, 0.1) is 0 Å². The zero-order valence-corrected chi connectivity index (χ0v) is 22.3. The molecule has 8 nitrogen and oxygen atoms in total. The first-order chi connectivity index (χ1) is 18.8. The summed E-state index contributed by atoms with van der Waals surface area (Å²) in [4.78, 5) is 24.4. The number of aliphatic hydroxyl groups excluding tert-OH is 1. The molecule has 0 aliphatic rings. The van der Waals surface area contributed by atoms with Crippen molar-refractivity contribution in [3.05, 3.63) is 101 Å². The van der Waals surface area contributed by atoms with Crippen LogP contribution in [0.1, 0.15) is 45.8 Å². The number of nitrogens with zero attached hydrogens (tertiary/aromatic N) is 1. The largest absolute Gasteiger partial charge is 0.491 e. The van der Waals surface area contributed by atoms with Crippen molar-refractivity contribution < 1.29 is 24.2 Å². The van der Waals surface area contributed by atoms with Crippen LogP contribution in [0.15, 0.2) is 78.9 Å². The van der Waals surface area contributed by atoms with Crippen LogP contribution in [0.5, 0.6) is 5.75 Å². The van der Waals surface area contributed by atoms with Crippen molar-refractivity contribution in [2.75, 3.05) is 19.8 Å². The van der Waals surface area contributed by atoms with E-state index in [0.717, 1.165) is 34.2 Å². The topological polar surface area (TPSA) is 116 Å². The molecule has 0 bridgehead atoms. The summed E-state index contributed by atoms with van der Waals surface area (Å²) in [6.45, 7) is 5.12. The van der Waals surface area contributed by atoms with Gasteiger partial charge in [0.05, 0.1) is 6.61 Å². The third-order valence-electron chi connectivity index (χ3n) is 6.43. The predicted octanol–water partition coefficient (Wildman–Crippen LogP) is 3.93. The monoisotopic (exact) mass is 529 g/mol. The fraction of sp³-hybridized carbons (Fsp3) is 0.290. The van der Waals surface area contributed by atoms with Crippen molar-refractivity contribution >= 4 is 22.8 Å². The number of carbonyl (C=O) groups excluding carboxylic acids is 2. The molecule has 1 heterocycles. The highest BCUT2D eigenvalue weighted by Crippen LogP contribution is 2.24. The van der Waals surface area contributed by atoms with Crippen LogP contribution in [-0.2, 0) is 17.7 Å². The summed E-state index contributed by atoms with van der Waals surface area (Å²) in [6, 6.07) is 24.6. The normalized spacial score (nSPS) is 12.7. The summed E-state index contributed by atoms with van der Waals surface area (Å²) in [6.07, 6.45) is 0.104. The Hall–Kier alpha value is -4.14. The zero-order chi connectivity index (χ0) is 27.8. The molecule has 3 aromatic carbocycles. The number of rotatable bonds is 13. The molecule has 0 saturated carbocycles. The van der Waals surface area contributed by atoms with E-state index in [1.807, 2.05) is 59.2 Å². The molecular formula is C31H35N3O5. The first kappa shape index (κ1) is 27.9. The number of hydrogen-bond donors (Lipinski definition) is 3. The molecule has 1 aromatic heterocycles. The lowest BCUT2D eigenvalue weighted by atomic mass is 10.0. The van der Waals surface area contributed by atoms with Gasteiger partial charge in [0, 0.05) is 35.6 Å². The van der Waals surface area contributed by atoms with Crippen LogP contribution in [0.25, 0.3) is 10.9 Å². The number of primary amides is 1. The second kappa shape index (κ2) is 13.1. The molecule has 0 saturated heterocycles. The maximum absolute atomic E-state index is 12.8. The van der Waals surface area contributed by atoms with Crippen molar-refractivity contribution in [2.45, 2.75) is 39.0 Å². The van der Waals surface area contributed by atoms with Crippen LogP contribution in [0.3, 0.4) is 0 Å². The van der Waals surface area contributed by atoms with Gasteiger partial charge in [-0.1, -0.05) is 36.4 Å². The molecule has 0 aliphatic carbocycles. The van der Waals surface area contributed by atoms with E-state index in [9.17, 15) is 14.7 Å². The van der Waals surface area contributed by atoms with Crippen LogP contribution < -0.4 is 15.8 Å². The average Bonchev–Trinajstić information content (AvgIpc) is 3.29. The number of aliphatic hydroxyl groups is 1. The van der Waals surface area contributed by atoms with E-state index in [1.165, 1.54) is 0 Å². The molecule has 0 fully saturated rings. The summed E-state index contributed by atoms with van der Waals surface area (Å²) in [5, 5.41) is 14.6. The van der Waals surface area contributed by atoms with Crippen molar-refractivity contribution in [1.29, 1.82) is 0 Å². The minimum absolute atomic E-state index is 0.108. The van der Waals surface area contributed by atoms with Crippen molar-refractivity contribution in [3.63, 3.8) is 0 Å². The second-order valence-corrected chi connectivity index (χ2v) is 9.59. The van der Waals surface area contributed by atoms with E-state index < -0.39 is 18.0 Å². The first-order valence-corrected chi connectivity index (χ1v) is 13.1. The number of esters is 1. The van der Waals surface area contributed by atoms with Crippen molar-refractivity contribution in [3.8, 4) is 5.75 Å². The number of aromatic nitrogens is 1. The highest BCUT2D eigenvalue weighted by atomic mass is 16.5. The highest BCUT2D eigenvalue weighted by molar-refractivity contribution is 5.96. The maximum Gasteiger partial charge on any atom is 0.354 e. The van der Waals surface area contributed by atoms with Gasteiger partial charge in [-0.25, -0.2) is 4.79 Å². The van der Waals surface area contributed by atoms with Crippen LogP contribution in [-0.4, -0.2) is 53.5 Å². The van der Waals surface area contributed by atoms with E-state index >= 15 is 0 Å². The number of nitrogens with one attached hydrogen (secondary N) is 1. The van der Waals surface area contributed by atoms with E-state index in [2.05, 4.69) is 18.3 Å². The molecule has 0 aliphatic heterocycles. The Morgan fingerprint density at radius 1 is 1.00 bits per heavy atom. The van der Waals surface area contributed by atoms with Gasteiger partial charge in [0.2, 0.25) is 5.91 Å². The minimum Gasteiger partial charge on any atom is -0.491 e.